The molecule has 0 aliphatic carbocycles. The topological polar surface area (TPSA) is 212 Å². The van der Waals surface area contributed by atoms with Gasteiger partial charge in [-0.15, -0.1) is 0 Å². The van der Waals surface area contributed by atoms with Gasteiger partial charge in [-0.3, -0.25) is 29.1 Å². The Labute approximate surface area is 497 Å². The minimum atomic E-state index is -1.53. The molecule has 4 aromatic rings. The number of benzene rings is 2. The lowest BCUT2D eigenvalue weighted by molar-refractivity contribution is -0.176. The second kappa shape index (κ2) is 30.9. The third-order valence-corrected chi connectivity index (χ3v) is 15.4. The molecular formula is C66H90N6O12. The first-order valence-corrected chi connectivity index (χ1v) is 29.4. The van der Waals surface area contributed by atoms with Gasteiger partial charge in [0.15, 0.2) is 24.4 Å². The standard InChI is InChI=1S/C66H90N6O12/c1-39(2)29-53-63(77)81-45(11)59(73)69(13)56(32-42(7)8)66(80)84-58(36-50-23-19-48(20-24-50)34-52-38-68-28-26-44(52)10)62(76)72(16)54(30-40(3)4)64(78)82-46(12)60(74)70(14)55(31-41(5)6)65(79)83-57(61(75)71(53)15)35-49-21-17-47(18-22-49)33-51-37-67-27-25-43(51)9/h17-28,37-42,45-46,53-58H,29-36H2,1-16H3/t45-,46-,53+,54+,55+,56+,57-,58-/m1/s1. The SMILES string of the molecule is Cc1ccncc1Cc1ccc(C[C@H]2OC(=O)[C@H](CC(C)C)N(C)C(=O)[C@@H](C)OC(=O)[C@H](CC(C)C)N(C)C(=O)[C@@H](Cc3ccc(Cc4cnccc4C)cc3)OC(=O)[C@H](CC(C)C)N(C)C(=O)[C@@H](C)OC(=O)[C@H](CC(C)C)N(C)C2=O)cc1. The Bertz CT molecular complexity index is 2700. The van der Waals surface area contributed by atoms with Crippen LogP contribution in [0, 0.1) is 37.5 Å². The van der Waals surface area contributed by atoms with Gasteiger partial charge in [-0.05, 0) is 147 Å². The fourth-order valence-electron chi connectivity index (χ4n) is 10.3. The lowest BCUT2D eigenvalue weighted by Gasteiger charge is -2.35. The molecule has 5 rings (SSSR count). The number of nitrogens with zero attached hydrogens (tertiary/aromatic N) is 6. The molecule has 0 radical (unpaired) electrons. The average Bonchev–Trinajstić information content (AvgIpc) is 3.66. The zero-order valence-corrected chi connectivity index (χ0v) is 52.3. The van der Waals surface area contributed by atoms with E-state index in [2.05, 4.69) is 9.97 Å². The Hall–Kier alpha value is -7.50. The summed E-state index contributed by atoms with van der Waals surface area (Å²) in [7, 11) is 5.60. The van der Waals surface area contributed by atoms with Gasteiger partial charge in [0.1, 0.15) is 24.2 Å². The van der Waals surface area contributed by atoms with Crippen LogP contribution in [-0.4, -0.2) is 154 Å². The molecule has 4 amide bonds. The molecular weight excluding hydrogens is 1070 g/mol. The second-order valence-electron chi connectivity index (χ2n) is 24.4. The number of pyridine rings is 2. The molecule has 8 atom stereocenters. The van der Waals surface area contributed by atoms with Crippen molar-refractivity contribution in [3.05, 3.63) is 130 Å². The van der Waals surface area contributed by atoms with Crippen LogP contribution in [0.15, 0.2) is 85.5 Å². The van der Waals surface area contributed by atoms with Crippen molar-refractivity contribution < 1.29 is 57.3 Å². The normalized spacial score (nSPS) is 22.6. The van der Waals surface area contributed by atoms with Gasteiger partial charge in [0.25, 0.3) is 23.6 Å². The smallest absolute Gasteiger partial charge is 0.329 e. The van der Waals surface area contributed by atoms with Crippen molar-refractivity contribution in [1.82, 2.24) is 29.6 Å². The van der Waals surface area contributed by atoms with Gasteiger partial charge in [0.2, 0.25) is 0 Å². The number of esters is 4. The summed E-state index contributed by atoms with van der Waals surface area (Å²) in [6.45, 7) is 21.6. The molecule has 0 saturated carbocycles. The van der Waals surface area contributed by atoms with E-state index < -0.39 is 96.1 Å². The van der Waals surface area contributed by atoms with Gasteiger partial charge in [0, 0.05) is 65.8 Å². The van der Waals surface area contributed by atoms with Crippen LogP contribution < -0.4 is 0 Å². The van der Waals surface area contributed by atoms with E-state index >= 15 is 9.59 Å². The zero-order valence-electron chi connectivity index (χ0n) is 52.3. The highest BCUT2D eigenvalue weighted by atomic mass is 16.6. The van der Waals surface area contributed by atoms with E-state index in [1.54, 1.807) is 12.4 Å². The Kier molecular flexibility index (Phi) is 24.7. The molecule has 1 aliphatic heterocycles. The summed E-state index contributed by atoms with van der Waals surface area (Å²) in [6.07, 6.45) is 2.36. The van der Waals surface area contributed by atoms with Crippen molar-refractivity contribution in [2.75, 3.05) is 28.2 Å². The molecule has 2 aromatic heterocycles. The van der Waals surface area contributed by atoms with Crippen molar-refractivity contribution in [3.8, 4) is 0 Å². The highest BCUT2D eigenvalue weighted by Crippen LogP contribution is 2.26. The van der Waals surface area contributed by atoms with Crippen LogP contribution in [0.25, 0.3) is 0 Å². The summed E-state index contributed by atoms with van der Waals surface area (Å²) in [5, 5.41) is 0. The largest absolute Gasteiger partial charge is 0.451 e. The first kappa shape index (κ1) is 67.3. The number of amides is 4. The number of carbonyl (C=O) groups excluding carboxylic acids is 8. The van der Waals surface area contributed by atoms with E-state index in [4.69, 9.17) is 18.9 Å². The Morgan fingerprint density at radius 3 is 0.929 bits per heavy atom. The first-order valence-electron chi connectivity index (χ1n) is 29.4. The maximum atomic E-state index is 15.1. The van der Waals surface area contributed by atoms with E-state index in [0.29, 0.717) is 24.0 Å². The minimum absolute atomic E-state index is 0.0852. The molecule has 2 aromatic carbocycles. The van der Waals surface area contributed by atoms with Crippen LogP contribution in [0.3, 0.4) is 0 Å². The van der Waals surface area contributed by atoms with E-state index in [1.807, 2.05) is 142 Å². The lowest BCUT2D eigenvalue weighted by Crippen LogP contribution is -2.55. The molecule has 456 valence electrons. The van der Waals surface area contributed by atoms with Crippen molar-refractivity contribution >= 4 is 47.5 Å². The summed E-state index contributed by atoms with van der Waals surface area (Å²) >= 11 is 0. The van der Waals surface area contributed by atoms with Crippen LogP contribution in [0.5, 0.6) is 0 Å². The quantitative estimate of drug-likeness (QED) is 0.0764. The number of carbonyl (C=O) groups is 8. The summed E-state index contributed by atoms with van der Waals surface area (Å²) in [6, 6.07) is 13.7. The molecule has 18 heteroatoms. The monoisotopic (exact) mass is 1160 g/mol. The van der Waals surface area contributed by atoms with Crippen molar-refractivity contribution in [2.45, 2.75) is 183 Å². The Balaban J connectivity index is 1.59. The van der Waals surface area contributed by atoms with Gasteiger partial charge in [-0.25, -0.2) is 19.2 Å². The fourth-order valence-corrected chi connectivity index (χ4v) is 10.3. The minimum Gasteiger partial charge on any atom is -0.451 e. The van der Waals surface area contributed by atoms with Crippen LogP contribution in [-0.2, 0) is 83.0 Å². The van der Waals surface area contributed by atoms with Crippen LogP contribution >= 0.6 is 0 Å². The van der Waals surface area contributed by atoms with Crippen molar-refractivity contribution in [2.24, 2.45) is 23.7 Å². The predicted molar refractivity (Wildman–Crippen MR) is 319 cm³/mol. The molecule has 0 N–H and O–H groups in total. The molecule has 1 saturated heterocycles. The molecule has 0 spiro atoms. The lowest BCUT2D eigenvalue weighted by atomic mass is 9.98. The fraction of sp³-hybridized carbons (Fsp3) is 0.545. The van der Waals surface area contributed by atoms with Gasteiger partial charge >= 0.3 is 23.9 Å². The van der Waals surface area contributed by atoms with Crippen LogP contribution in [0.4, 0.5) is 0 Å². The van der Waals surface area contributed by atoms with E-state index in [0.717, 1.165) is 43.2 Å². The number of hydrogen-bond donors (Lipinski definition) is 0. The van der Waals surface area contributed by atoms with Crippen molar-refractivity contribution in [3.63, 3.8) is 0 Å². The number of ether oxygens (including phenoxy) is 4. The van der Waals surface area contributed by atoms with Crippen LogP contribution in [0.1, 0.15) is 139 Å². The third kappa shape index (κ3) is 18.8. The predicted octanol–water partition coefficient (Wildman–Crippen LogP) is 8.25. The first-order chi connectivity index (χ1) is 39.6. The van der Waals surface area contributed by atoms with E-state index in [1.165, 1.54) is 51.8 Å². The Morgan fingerprint density at radius 1 is 0.393 bits per heavy atom. The van der Waals surface area contributed by atoms with Crippen molar-refractivity contribution in [1.29, 1.82) is 0 Å². The summed E-state index contributed by atoms with van der Waals surface area (Å²) in [4.78, 5) is 131. The average molecular weight is 1160 g/mol. The highest BCUT2D eigenvalue weighted by molar-refractivity contribution is 5.94. The maximum absolute atomic E-state index is 15.1. The van der Waals surface area contributed by atoms with Crippen LogP contribution in [0.2, 0.25) is 0 Å². The number of cyclic esters (lactones) is 4. The summed E-state index contributed by atoms with van der Waals surface area (Å²) in [5.41, 5.74) is 7.45. The Morgan fingerprint density at radius 2 is 0.655 bits per heavy atom. The second-order valence-corrected chi connectivity index (χ2v) is 24.4. The van der Waals surface area contributed by atoms with Gasteiger partial charge in [0.05, 0.1) is 0 Å². The zero-order chi connectivity index (χ0) is 62.3. The highest BCUT2D eigenvalue weighted by Gasteiger charge is 2.43. The van der Waals surface area contributed by atoms with Gasteiger partial charge in [-0.1, -0.05) is 104 Å². The molecule has 0 unspecified atom stereocenters. The summed E-state index contributed by atoms with van der Waals surface area (Å²) < 4.78 is 24.3. The molecule has 1 aliphatic rings. The maximum Gasteiger partial charge on any atom is 0.329 e. The molecule has 3 heterocycles. The molecule has 1 fully saturated rings. The third-order valence-electron chi connectivity index (χ3n) is 15.4. The molecule has 84 heavy (non-hydrogen) atoms. The number of aromatic nitrogens is 2. The van der Waals surface area contributed by atoms with Gasteiger partial charge in [-0.2, -0.15) is 0 Å². The summed E-state index contributed by atoms with van der Waals surface area (Å²) in [5.74, 6) is -7.38. The van der Waals surface area contributed by atoms with E-state index in [9.17, 15) is 28.8 Å². The van der Waals surface area contributed by atoms with E-state index in [-0.39, 0.29) is 62.2 Å². The molecule has 18 nitrogen and oxygen atoms in total. The van der Waals surface area contributed by atoms with Gasteiger partial charge < -0.3 is 38.5 Å². The number of aryl methyl sites for hydroxylation is 2. The number of hydrogen-bond acceptors (Lipinski definition) is 14. The number of likely N-dealkylation sites (N-methyl/N-ethyl adjacent to an activating group) is 4. The molecule has 0 bridgehead atoms. The number of rotatable bonds is 16.